The quantitative estimate of drug-likeness (QED) is 0.900. The summed E-state index contributed by atoms with van der Waals surface area (Å²) in [6.45, 7) is 4.46. The van der Waals surface area contributed by atoms with Crippen molar-refractivity contribution in [3.8, 4) is 0 Å². The Bertz CT molecular complexity index is 536. The molecule has 0 aliphatic heterocycles. The van der Waals surface area contributed by atoms with E-state index in [1.807, 2.05) is 13.0 Å². The van der Waals surface area contributed by atoms with Gasteiger partial charge in [0.25, 0.3) is 0 Å². The van der Waals surface area contributed by atoms with Crippen LogP contribution < -0.4 is 5.32 Å². The molecule has 4 nitrogen and oxygen atoms in total. The minimum absolute atomic E-state index is 0.180. The molecule has 2 rings (SSSR count). The molecule has 1 unspecified atom stereocenters. The van der Waals surface area contributed by atoms with E-state index in [1.54, 1.807) is 37.0 Å². The van der Waals surface area contributed by atoms with Crippen LogP contribution >= 0.6 is 0 Å². The Balaban J connectivity index is 2.49. The fraction of sp³-hybridized carbons (Fsp3) is 0.385. The van der Waals surface area contributed by atoms with Crippen molar-refractivity contribution < 1.29 is 4.39 Å². The van der Waals surface area contributed by atoms with Crippen molar-refractivity contribution in [1.29, 1.82) is 0 Å². The number of nitrogens with zero attached hydrogens (tertiary/aromatic N) is 3. The molecule has 0 aliphatic carbocycles. The van der Waals surface area contributed by atoms with Crippen LogP contribution in [0, 0.1) is 12.7 Å². The highest BCUT2D eigenvalue weighted by molar-refractivity contribution is 5.32. The van der Waals surface area contributed by atoms with E-state index in [9.17, 15) is 4.39 Å². The van der Waals surface area contributed by atoms with Crippen LogP contribution in [0.3, 0.4) is 0 Å². The first-order valence-electron chi connectivity index (χ1n) is 5.99. The highest BCUT2D eigenvalue weighted by Gasteiger charge is 2.20. The second-order valence-electron chi connectivity index (χ2n) is 4.17. The molecule has 0 spiro atoms. The lowest BCUT2D eigenvalue weighted by Crippen LogP contribution is -2.22. The van der Waals surface area contributed by atoms with Gasteiger partial charge in [0.2, 0.25) is 0 Å². The van der Waals surface area contributed by atoms with Crippen LogP contribution in [0.4, 0.5) is 4.39 Å². The topological polar surface area (TPSA) is 42.7 Å². The first-order valence-corrected chi connectivity index (χ1v) is 5.99. The molecule has 0 aliphatic rings. The Labute approximate surface area is 106 Å². The summed E-state index contributed by atoms with van der Waals surface area (Å²) in [6.07, 6.45) is 1.67. The molecule has 1 atom stereocenters. The fourth-order valence-corrected chi connectivity index (χ4v) is 2.09. The van der Waals surface area contributed by atoms with Crippen LogP contribution in [-0.4, -0.2) is 22.0 Å². The monoisotopic (exact) mass is 248 g/mol. The third kappa shape index (κ3) is 2.13. The number of nitrogens with one attached hydrogen (secondary N) is 1. The molecule has 1 aromatic heterocycles. The molecule has 1 heterocycles. The molecule has 0 bridgehead atoms. The lowest BCUT2D eigenvalue weighted by Gasteiger charge is -2.18. The Morgan fingerprint density at radius 2 is 2.22 bits per heavy atom. The number of halogens is 1. The summed E-state index contributed by atoms with van der Waals surface area (Å²) in [6, 6.07) is 5.18. The largest absolute Gasteiger partial charge is 0.308 e. The number of aromatic nitrogens is 3. The molecule has 1 N–H and O–H groups in total. The van der Waals surface area contributed by atoms with E-state index in [1.165, 1.54) is 0 Å². The van der Waals surface area contributed by atoms with Crippen molar-refractivity contribution in [3.63, 3.8) is 0 Å². The van der Waals surface area contributed by atoms with E-state index in [0.29, 0.717) is 17.7 Å². The summed E-state index contributed by atoms with van der Waals surface area (Å²) in [5.74, 6) is -0.180. The molecule has 1 aromatic carbocycles. The number of hydrogen-bond donors (Lipinski definition) is 1. The van der Waals surface area contributed by atoms with Gasteiger partial charge in [-0.1, -0.05) is 23.4 Å². The Kier molecular flexibility index (Phi) is 3.72. The first-order chi connectivity index (χ1) is 8.69. The Hall–Kier alpha value is -1.75. The van der Waals surface area contributed by atoms with Crippen LogP contribution in [0.1, 0.15) is 29.8 Å². The van der Waals surface area contributed by atoms with E-state index in [4.69, 9.17) is 0 Å². The summed E-state index contributed by atoms with van der Waals surface area (Å²) in [4.78, 5) is 0. The molecule has 0 radical (unpaired) electrons. The predicted octanol–water partition coefficient (Wildman–Crippen LogP) is 2.05. The van der Waals surface area contributed by atoms with Gasteiger partial charge in [-0.3, -0.25) is 0 Å². The van der Waals surface area contributed by atoms with Gasteiger partial charge in [-0.05, 0) is 26.5 Å². The van der Waals surface area contributed by atoms with E-state index < -0.39 is 0 Å². The van der Waals surface area contributed by atoms with Gasteiger partial charge < -0.3 is 5.32 Å². The van der Waals surface area contributed by atoms with Gasteiger partial charge in [-0.15, -0.1) is 5.10 Å². The minimum atomic E-state index is -0.236. The lowest BCUT2D eigenvalue weighted by molar-refractivity contribution is 0.525. The molecule has 0 saturated heterocycles. The van der Waals surface area contributed by atoms with Gasteiger partial charge >= 0.3 is 0 Å². The summed E-state index contributed by atoms with van der Waals surface area (Å²) in [5, 5.41) is 11.0. The minimum Gasteiger partial charge on any atom is -0.308 e. The van der Waals surface area contributed by atoms with Crippen LogP contribution in [0.2, 0.25) is 0 Å². The van der Waals surface area contributed by atoms with Crippen LogP contribution in [0.15, 0.2) is 24.4 Å². The second-order valence-corrected chi connectivity index (χ2v) is 4.17. The standard InChI is InChI=1S/C13H17FN4/c1-4-18-11(8-16-17-18)13(15-3)10-7-5-6-9(2)12(10)14/h5-8,13,15H,4H2,1-3H3. The van der Waals surface area contributed by atoms with Crippen molar-refractivity contribution in [3.05, 3.63) is 47.0 Å². The van der Waals surface area contributed by atoms with Gasteiger partial charge in [-0.25, -0.2) is 9.07 Å². The summed E-state index contributed by atoms with van der Waals surface area (Å²) < 4.78 is 15.9. The molecule has 96 valence electrons. The van der Waals surface area contributed by atoms with E-state index in [0.717, 1.165) is 5.69 Å². The maximum absolute atomic E-state index is 14.2. The molecule has 0 amide bonds. The van der Waals surface area contributed by atoms with Gasteiger partial charge in [0.1, 0.15) is 5.82 Å². The average molecular weight is 248 g/mol. The maximum atomic E-state index is 14.2. The van der Waals surface area contributed by atoms with E-state index >= 15 is 0 Å². The molecular weight excluding hydrogens is 231 g/mol. The summed E-state index contributed by atoms with van der Waals surface area (Å²) >= 11 is 0. The van der Waals surface area contributed by atoms with Crippen LogP contribution in [0.25, 0.3) is 0 Å². The Morgan fingerprint density at radius 3 is 2.89 bits per heavy atom. The van der Waals surface area contributed by atoms with Crippen molar-refractivity contribution in [2.24, 2.45) is 0 Å². The SMILES string of the molecule is CCn1nncc1C(NC)c1cccc(C)c1F. The average Bonchev–Trinajstić information content (AvgIpc) is 2.83. The smallest absolute Gasteiger partial charge is 0.131 e. The van der Waals surface area contributed by atoms with Crippen molar-refractivity contribution in [2.45, 2.75) is 26.4 Å². The second kappa shape index (κ2) is 5.27. The summed E-state index contributed by atoms with van der Waals surface area (Å²) in [5.41, 5.74) is 2.13. The third-order valence-corrected chi connectivity index (χ3v) is 3.06. The summed E-state index contributed by atoms with van der Waals surface area (Å²) in [7, 11) is 1.80. The van der Waals surface area contributed by atoms with Crippen LogP contribution in [-0.2, 0) is 6.54 Å². The molecular formula is C13H17FN4. The predicted molar refractivity (Wildman–Crippen MR) is 67.7 cm³/mol. The zero-order valence-corrected chi connectivity index (χ0v) is 10.8. The normalized spacial score (nSPS) is 12.7. The molecule has 18 heavy (non-hydrogen) atoms. The Morgan fingerprint density at radius 1 is 1.44 bits per heavy atom. The van der Waals surface area contributed by atoms with Gasteiger partial charge in [0.05, 0.1) is 17.9 Å². The van der Waals surface area contributed by atoms with Crippen molar-refractivity contribution in [2.75, 3.05) is 7.05 Å². The van der Waals surface area contributed by atoms with Gasteiger partial charge in [0, 0.05) is 12.1 Å². The van der Waals surface area contributed by atoms with Gasteiger partial charge in [0.15, 0.2) is 0 Å². The lowest BCUT2D eigenvalue weighted by atomic mass is 10.0. The van der Waals surface area contributed by atoms with Crippen LogP contribution in [0.5, 0.6) is 0 Å². The highest BCUT2D eigenvalue weighted by Crippen LogP contribution is 2.25. The number of benzene rings is 1. The zero-order valence-electron chi connectivity index (χ0n) is 10.8. The van der Waals surface area contributed by atoms with Crippen molar-refractivity contribution >= 4 is 0 Å². The first kappa shape index (κ1) is 12.7. The number of aryl methyl sites for hydroxylation is 2. The highest BCUT2D eigenvalue weighted by atomic mass is 19.1. The molecule has 2 aromatic rings. The van der Waals surface area contributed by atoms with Crippen molar-refractivity contribution in [1.82, 2.24) is 20.3 Å². The third-order valence-electron chi connectivity index (χ3n) is 3.06. The zero-order chi connectivity index (χ0) is 13.1. The number of hydrogen-bond acceptors (Lipinski definition) is 3. The number of rotatable bonds is 4. The molecule has 0 fully saturated rings. The van der Waals surface area contributed by atoms with Gasteiger partial charge in [-0.2, -0.15) is 0 Å². The van der Waals surface area contributed by atoms with E-state index in [-0.39, 0.29) is 11.9 Å². The van der Waals surface area contributed by atoms with E-state index in [2.05, 4.69) is 15.6 Å². The molecule has 0 saturated carbocycles. The fourth-order valence-electron chi connectivity index (χ4n) is 2.09. The maximum Gasteiger partial charge on any atom is 0.131 e. The molecule has 5 heteroatoms.